The molecule has 3 aromatic carbocycles. The first-order valence-corrected chi connectivity index (χ1v) is 12.1. The van der Waals surface area contributed by atoms with Crippen LogP contribution in [-0.2, 0) is 14.8 Å². The second-order valence-corrected chi connectivity index (χ2v) is 9.09. The van der Waals surface area contributed by atoms with Crippen LogP contribution < -0.4 is 9.62 Å². The van der Waals surface area contributed by atoms with Crippen molar-refractivity contribution < 1.29 is 18.0 Å². The molecule has 172 valence electrons. The summed E-state index contributed by atoms with van der Waals surface area (Å²) >= 11 is 0. The first-order valence-electron chi connectivity index (χ1n) is 10.7. The van der Waals surface area contributed by atoms with E-state index in [2.05, 4.69) is 5.32 Å². The fraction of sp³-hybridized carbons (Fsp3) is 0.200. The summed E-state index contributed by atoms with van der Waals surface area (Å²) in [7, 11) is -3.99. The highest BCUT2D eigenvalue weighted by Gasteiger charge is 2.27. The van der Waals surface area contributed by atoms with Gasteiger partial charge in [-0.25, -0.2) is 8.42 Å². The van der Waals surface area contributed by atoms with E-state index >= 15 is 0 Å². The van der Waals surface area contributed by atoms with Crippen molar-refractivity contribution in [1.29, 1.82) is 0 Å². The maximum atomic E-state index is 13.3. The number of carbonyl (C=O) groups is 2. The van der Waals surface area contributed by atoms with Crippen LogP contribution in [0, 0.1) is 0 Å². The van der Waals surface area contributed by atoms with Crippen LogP contribution in [-0.4, -0.2) is 44.8 Å². The molecule has 3 rings (SSSR count). The largest absolute Gasteiger partial charge is 0.339 e. The van der Waals surface area contributed by atoms with Crippen LogP contribution in [0.1, 0.15) is 24.2 Å². The van der Waals surface area contributed by atoms with Crippen LogP contribution in [0.4, 0.5) is 11.4 Å². The highest BCUT2D eigenvalue weighted by Crippen LogP contribution is 2.24. The van der Waals surface area contributed by atoms with Crippen molar-refractivity contribution in [2.45, 2.75) is 18.7 Å². The lowest BCUT2D eigenvalue weighted by atomic mass is 10.1. The third-order valence-electron chi connectivity index (χ3n) is 5.14. The number of hydrogen-bond acceptors (Lipinski definition) is 4. The number of carbonyl (C=O) groups excluding carboxylic acids is 2. The van der Waals surface area contributed by atoms with Gasteiger partial charge in [0.05, 0.1) is 21.8 Å². The number of nitrogens with one attached hydrogen (secondary N) is 1. The smallest absolute Gasteiger partial charge is 0.264 e. The molecular formula is C25H27N3O4S. The summed E-state index contributed by atoms with van der Waals surface area (Å²) in [5.41, 5.74) is 1.06. The van der Waals surface area contributed by atoms with Gasteiger partial charge < -0.3 is 10.2 Å². The lowest BCUT2D eigenvalue weighted by molar-refractivity contribution is -0.114. The number of amides is 2. The summed E-state index contributed by atoms with van der Waals surface area (Å²) in [6.45, 7) is 4.39. The van der Waals surface area contributed by atoms with Gasteiger partial charge in [0, 0.05) is 13.1 Å². The summed E-state index contributed by atoms with van der Waals surface area (Å²) in [5.74, 6) is -0.758. The van der Waals surface area contributed by atoms with Gasteiger partial charge >= 0.3 is 0 Å². The van der Waals surface area contributed by atoms with E-state index in [4.69, 9.17) is 0 Å². The predicted octanol–water partition coefficient (Wildman–Crippen LogP) is 4.00. The third kappa shape index (κ3) is 5.59. The molecule has 0 unspecified atom stereocenters. The Kier molecular flexibility index (Phi) is 7.84. The summed E-state index contributed by atoms with van der Waals surface area (Å²) in [6.07, 6.45) is 0. The molecule has 0 aromatic heterocycles. The monoisotopic (exact) mass is 465 g/mol. The van der Waals surface area contributed by atoms with Crippen LogP contribution >= 0.6 is 0 Å². The molecule has 8 heteroatoms. The zero-order valence-corrected chi connectivity index (χ0v) is 19.5. The fourth-order valence-corrected chi connectivity index (χ4v) is 4.85. The fourth-order valence-electron chi connectivity index (χ4n) is 3.41. The Morgan fingerprint density at radius 3 is 1.94 bits per heavy atom. The first-order chi connectivity index (χ1) is 15.9. The van der Waals surface area contributed by atoms with E-state index in [-0.39, 0.29) is 10.8 Å². The van der Waals surface area contributed by atoms with Crippen molar-refractivity contribution in [2.75, 3.05) is 29.3 Å². The van der Waals surface area contributed by atoms with Gasteiger partial charge in [0.1, 0.15) is 6.54 Å². The van der Waals surface area contributed by atoms with Crippen molar-refractivity contribution in [3.63, 3.8) is 0 Å². The molecule has 0 radical (unpaired) electrons. The Morgan fingerprint density at radius 1 is 0.788 bits per heavy atom. The van der Waals surface area contributed by atoms with E-state index in [1.165, 1.54) is 12.1 Å². The quantitative estimate of drug-likeness (QED) is 0.517. The maximum Gasteiger partial charge on any atom is 0.264 e. The number of rotatable bonds is 9. The van der Waals surface area contributed by atoms with Gasteiger partial charge in [-0.1, -0.05) is 48.5 Å². The van der Waals surface area contributed by atoms with Crippen LogP contribution in [0.2, 0.25) is 0 Å². The Hall–Kier alpha value is -3.65. The van der Waals surface area contributed by atoms with Gasteiger partial charge in [-0.05, 0) is 50.2 Å². The van der Waals surface area contributed by atoms with E-state index in [1.807, 2.05) is 13.8 Å². The Morgan fingerprint density at radius 2 is 1.33 bits per heavy atom. The number of hydrogen-bond donors (Lipinski definition) is 1. The number of benzene rings is 3. The molecule has 0 aliphatic carbocycles. The van der Waals surface area contributed by atoms with Crippen LogP contribution in [0.5, 0.6) is 0 Å². The minimum Gasteiger partial charge on any atom is -0.339 e. The van der Waals surface area contributed by atoms with Gasteiger partial charge in [-0.3, -0.25) is 13.9 Å². The molecule has 3 aromatic rings. The molecule has 0 saturated carbocycles. The van der Waals surface area contributed by atoms with Crippen molar-refractivity contribution in [1.82, 2.24) is 4.90 Å². The Balaban J connectivity index is 1.90. The van der Waals surface area contributed by atoms with Gasteiger partial charge in [-0.2, -0.15) is 0 Å². The summed E-state index contributed by atoms with van der Waals surface area (Å²) < 4.78 is 27.8. The first kappa shape index (κ1) is 24.0. The topological polar surface area (TPSA) is 86.8 Å². The van der Waals surface area contributed by atoms with Gasteiger partial charge in [0.25, 0.3) is 15.9 Å². The molecule has 0 bridgehead atoms. The normalized spacial score (nSPS) is 11.0. The van der Waals surface area contributed by atoms with Gasteiger partial charge in [0.15, 0.2) is 0 Å². The molecule has 1 N–H and O–H groups in total. The molecule has 0 fully saturated rings. The van der Waals surface area contributed by atoms with Crippen molar-refractivity contribution in [2.24, 2.45) is 0 Å². The average molecular weight is 466 g/mol. The Bertz CT molecular complexity index is 1190. The molecule has 0 saturated heterocycles. The third-order valence-corrected chi connectivity index (χ3v) is 6.93. The van der Waals surface area contributed by atoms with E-state index in [0.29, 0.717) is 30.0 Å². The highest BCUT2D eigenvalue weighted by molar-refractivity contribution is 7.92. The highest BCUT2D eigenvalue weighted by atomic mass is 32.2. The van der Waals surface area contributed by atoms with Crippen molar-refractivity contribution in [3.8, 4) is 0 Å². The molecule has 0 aliphatic rings. The lowest BCUT2D eigenvalue weighted by Gasteiger charge is -2.24. The number of anilines is 2. The van der Waals surface area contributed by atoms with Crippen LogP contribution in [0.15, 0.2) is 89.8 Å². The molecule has 0 atom stereocenters. The molecule has 0 heterocycles. The minimum atomic E-state index is -3.99. The zero-order valence-electron chi connectivity index (χ0n) is 18.6. The van der Waals surface area contributed by atoms with E-state index < -0.39 is 22.5 Å². The maximum absolute atomic E-state index is 13.3. The van der Waals surface area contributed by atoms with Gasteiger partial charge in [-0.15, -0.1) is 0 Å². The number of nitrogens with zero attached hydrogens (tertiary/aromatic N) is 2. The molecule has 2 amide bonds. The van der Waals surface area contributed by atoms with Crippen LogP contribution in [0.25, 0.3) is 0 Å². The van der Waals surface area contributed by atoms with Crippen molar-refractivity contribution >= 4 is 33.2 Å². The van der Waals surface area contributed by atoms with Crippen LogP contribution in [0.3, 0.4) is 0 Å². The summed E-state index contributed by atoms with van der Waals surface area (Å²) in [4.78, 5) is 27.6. The molecular weight excluding hydrogens is 438 g/mol. The second kappa shape index (κ2) is 10.8. The van der Waals surface area contributed by atoms with E-state index in [0.717, 1.165) is 4.31 Å². The van der Waals surface area contributed by atoms with E-state index in [9.17, 15) is 18.0 Å². The molecule has 7 nitrogen and oxygen atoms in total. The number of para-hydroxylation sites is 2. The van der Waals surface area contributed by atoms with Gasteiger partial charge in [0.2, 0.25) is 5.91 Å². The summed E-state index contributed by atoms with van der Waals surface area (Å²) in [6, 6.07) is 23.1. The lowest BCUT2D eigenvalue weighted by Crippen LogP contribution is -2.38. The van der Waals surface area contributed by atoms with Crippen molar-refractivity contribution in [3.05, 3.63) is 90.5 Å². The molecule has 0 spiro atoms. The van der Waals surface area contributed by atoms with E-state index in [1.54, 1.807) is 77.7 Å². The average Bonchev–Trinajstić information content (AvgIpc) is 2.84. The molecule has 0 aliphatic heterocycles. The zero-order chi connectivity index (χ0) is 23.8. The minimum absolute atomic E-state index is 0.0822. The number of sulfonamides is 1. The predicted molar refractivity (Wildman–Crippen MR) is 130 cm³/mol. The SMILES string of the molecule is CCN(CC)C(=O)c1ccccc1NC(=O)CN(c1ccccc1)S(=O)(=O)c1ccccc1. The second-order valence-electron chi connectivity index (χ2n) is 7.23. The Labute approximate surface area is 194 Å². The summed E-state index contributed by atoms with van der Waals surface area (Å²) in [5, 5.41) is 2.73. The standard InChI is InChI=1S/C25H27N3O4S/c1-3-27(4-2)25(30)22-17-11-12-18-23(22)26-24(29)19-28(20-13-7-5-8-14-20)33(31,32)21-15-9-6-10-16-21/h5-18H,3-4,19H2,1-2H3,(H,26,29). The molecule has 33 heavy (non-hydrogen) atoms.